The summed E-state index contributed by atoms with van der Waals surface area (Å²) in [5.41, 5.74) is 3.65. The van der Waals surface area contributed by atoms with Gasteiger partial charge >= 0.3 is 0 Å². The van der Waals surface area contributed by atoms with Crippen molar-refractivity contribution in [3.63, 3.8) is 0 Å². The van der Waals surface area contributed by atoms with Crippen LogP contribution in [-0.4, -0.2) is 69.0 Å². The van der Waals surface area contributed by atoms with Crippen molar-refractivity contribution >= 4 is 17.0 Å². The molecule has 3 aromatic heterocycles. The molecule has 0 unspecified atom stereocenters. The smallest absolute Gasteiger partial charge is 0.253 e. The van der Waals surface area contributed by atoms with Crippen molar-refractivity contribution in [2.45, 2.75) is 19.4 Å². The van der Waals surface area contributed by atoms with E-state index < -0.39 is 5.60 Å². The van der Waals surface area contributed by atoms with E-state index in [1.807, 2.05) is 47.4 Å². The number of benzene rings is 1. The van der Waals surface area contributed by atoms with E-state index in [1.54, 1.807) is 20.0 Å². The SMILES string of the molecule is CN1CCN(C(=O)c2ccc(-c3cc4ncnc(-c5ccnc(C(C)(C)O)c5)c4o3)cc2)CC1. The number of hydrogen-bond acceptors (Lipinski definition) is 7. The van der Waals surface area contributed by atoms with E-state index in [9.17, 15) is 9.90 Å². The first-order valence-corrected chi connectivity index (χ1v) is 11.3. The average molecular weight is 458 g/mol. The summed E-state index contributed by atoms with van der Waals surface area (Å²) in [4.78, 5) is 30.0. The lowest BCUT2D eigenvalue weighted by atomic mass is 10.0. The Morgan fingerprint density at radius 2 is 1.71 bits per heavy atom. The molecule has 1 aliphatic rings. The molecule has 0 spiro atoms. The number of pyridine rings is 1. The quantitative estimate of drug-likeness (QED) is 0.501. The van der Waals surface area contributed by atoms with Crippen LogP contribution in [-0.2, 0) is 5.60 Å². The first-order valence-electron chi connectivity index (χ1n) is 11.3. The van der Waals surface area contributed by atoms with Crippen LogP contribution in [0.25, 0.3) is 33.7 Å². The minimum Gasteiger partial charge on any atom is -0.452 e. The number of nitrogens with zero attached hydrogens (tertiary/aromatic N) is 5. The summed E-state index contributed by atoms with van der Waals surface area (Å²) in [5, 5.41) is 10.3. The molecule has 0 aliphatic carbocycles. The molecular formula is C26H27N5O3. The molecule has 1 amide bonds. The van der Waals surface area contributed by atoms with Crippen LogP contribution in [0.15, 0.2) is 59.4 Å². The first kappa shape index (κ1) is 22.2. The highest BCUT2D eigenvalue weighted by Gasteiger charge is 2.22. The molecule has 174 valence electrons. The summed E-state index contributed by atoms with van der Waals surface area (Å²) in [6.45, 7) is 6.65. The topological polar surface area (TPSA) is 95.6 Å². The van der Waals surface area contributed by atoms with Crippen molar-refractivity contribution in [1.82, 2.24) is 24.8 Å². The fraction of sp³-hybridized carbons (Fsp3) is 0.308. The molecule has 1 fully saturated rings. The zero-order valence-electron chi connectivity index (χ0n) is 19.5. The zero-order valence-corrected chi connectivity index (χ0v) is 19.5. The number of piperazine rings is 1. The predicted octanol–water partition coefficient (Wildman–Crippen LogP) is 3.57. The second kappa shape index (κ2) is 8.62. The van der Waals surface area contributed by atoms with Crippen LogP contribution in [0, 0.1) is 0 Å². The van der Waals surface area contributed by atoms with E-state index in [0.717, 1.165) is 37.3 Å². The van der Waals surface area contributed by atoms with Gasteiger partial charge < -0.3 is 19.3 Å². The number of aliphatic hydroxyl groups is 1. The largest absolute Gasteiger partial charge is 0.452 e. The molecule has 0 atom stereocenters. The van der Waals surface area contributed by atoms with E-state index in [1.165, 1.54) is 6.33 Å². The highest BCUT2D eigenvalue weighted by molar-refractivity contribution is 5.95. The van der Waals surface area contributed by atoms with Gasteiger partial charge in [0.2, 0.25) is 0 Å². The van der Waals surface area contributed by atoms with Crippen LogP contribution < -0.4 is 0 Å². The lowest BCUT2D eigenvalue weighted by Crippen LogP contribution is -2.47. The van der Waals surface area contributed by atoms with E-state index >= 15 is 0 Å². The van der Waals surface area contributed by atoms with Gasteiger partial charge in [-0.3, -0.25) is 9.78 Å². The van der Waals surface area contributed by atoms with Crippen LogP contribution in [0.1, 0.15) is 29.9 Å². The van der Waals surface area contributed by atoms with E-state index in [4.69, 9.17) is 4.42 Å². The van der Waals surface area contributed by atoms with Crippen molar-refractivity contribution in [2.75, 3.05) is 33.2 Å². The number of hydrogen-bond donors (Lipinski definition) is 1. The van der Waals surface area contributed by atoms with Gasteiger partial charge in [-0.1, -0.05) is 12.1 Å². The van der Waals surface area contributed by atoms with Gasteiger partial charge in [-0.05, 0) is 45.2 Å². The van der Waals surface area contributed by atoms with Crippen LogP contribution in [0.3, 0.4) is 0 Å². The summed E-state index contributed by atoms with van der Waals surface area (Å²) >= 11 is 0. The van der Waals surface area contributed by atoms with Gasteiger partial charge in [0.1, 0.15) is 28.9 Å². The highest BCUT2D eigenvalue weighted by atomic mass is 16.3. The van der Waals surface area contributed by atoms with E-state index in [2.05, 4.69) is 26.9 Å². The van der Waals surface area contributed by atoms with Gasteiger partial charge in [0.05, 0.1) is 5.69 Å². The number of likely N-dealkylation sites (N-methyl/N-ethyl adjacent to an activating group) is 1. The predicted molar refractivity (Wildman–Crippen MR) is 129 cm³/mol. The molecule has 1 aromatic carbocycles. The molecule has 8 heteroatoms. The summed E-state index contributed by atoms with van der Waals surface area (Å²) in [5.74, 6) is 0.699. The molecular weight excluding hydrogens is 430 g/mol. The van der Waals surface area contributed by atoms with Crippen LogP contribution in [0.4, 0.5) is 0 Å². The number of aromatic nitrogens is 3. The Balaban J connectivity index is 1.44. The van der Waals surface area contributed by atoms with Gasteiger partial charge in [0, 0.05) is 55.1 Å². The Hall–Kier alpha value is -3.62. The minimum atomic E-state index is -1.07. The Morgan fingerprint density at radius 3 is 2.41 bits per heavy atom. The third-order valence-corrected chi connectivity index (χ3v) is 6.18. The molecule has 1 aliphatic heterocycles. The molecule has 4 heterocycles. The van der Waals surface area contributed by atoms with Gasteiger partial charge in [0.25, 0.3) is 5.91 Å². The zero-order chi connectivity index (χ0) is 23.9. The lowest BCUT2D eigenvalue weighted by Gasteiger charge is -2.32. The Labute approximate surface area is 197 Å². The van der Waals surface area contributed by atoms with E-state index in [0.29, 0.717) is 33.8 Å². The first-order chi connectivity index (χ1) is 16.3. The van der Waals surface area contributed by atoms with Crippen LogP contribution in [0.5, 0.6) is 0 Å². The van der Waals surface area contributed by atoms with Crippen molar-refractivity contribution in [2.24, 2.45) is 0 Å². The second-order valence-corrected chi connectivity index (χ2v) is 9.21. The Morgan fingerprint density at radius 1 is 0.971 bits per heavy atom. The Kier molecular flexibility index (Phi) is 5.63. The normalized spacial score (nSPS) is 15.1. The molecule has 0 radical (unpaired) electrons. The van der Waals surface area contributed by atoms with Crippen molar-refractivity contribution in [3.05, 3.63) is 66.2 Å². The van der Waals surface area contributed by atoms with Crippen molar-refractivity contribution < 1.29 is 14.3 Å². The van der Waals surface area contributed by atoms with E-state index in [-0.39, 0.29) is 5.91 Å². The van der Waals surface area contributed by atoms with Crippen LogP contribution in [0.2, 0.25) is 0 Å². The molecule has 5 rings (SSSR count). The lowest BCUT2D eigenvalue weighted by molar-refractivity contribution is 0.0663. The second-order valence-electron chi connectivity index (χ2n) is 9.21. The maximum atomic E-state index is 12.8. The monoisotopic (exact) mass is 457 g/mol. The maximum Gasteiger partial charge on any atom is 0.253 e. The fourth-order valence-corrected chi connectivity index (χ4v) is 4.08. The third-order valence-electron chi connectivity index (χ3n) is 6.18. The van der Waals surface area contributed by atoms with Crippen molar-refractivity contribution in [1.29, 1.82) is 0 Å². The molecule has 34 heavy (non-hydrogen) atoms. The molecule has 8 nitrogen and oxygen atoms in total. The molecule has 0 saturated carbocycles. The average Bonchev–Trinajstić information content (AvgIpc) is 3.28. The van der Waals surface area contributed by atoms with Gasteiger partial charge in [-0.25, -0.2) is 9.97 Å². The number of carbonyl (C=O) groups is 1. The number of carbonyl (C=O) groups excluding carboxylic acids is 1. The number of fused-ring (bicyclic) bond motifs is 1. The summed E-state index contributed by atoms with van der Waals surface area (Å²) in [7, 11) is 2.07. The van der Waals surface area contributed by atoms with Crippen LogP contribution >= 0.6 is 0 Å². The number of furan rings is 1. The molecule has 1 N–H and O–H groups in total. The maximum absolute atomic E-state index is 12.8. The Bertz CT molecular complexity index is 1330. The number of rotatable bonds is 4. The summed E-state index contributed by atoms with van der Waals surface area (Å²) < 4.78 is 6.18. The fourth-order valence-electron chi connectivity index (χ4n) is 4.08. The third kappa shape index (κ3) is 4.30. The van der Waals surface area contributed by atoms with Gasteiger partial charge in [0.15, 0.2) is 5.58 Å². The summed E-state index contributed by atoms with van der Waals surface area (Å²) in [6, 6.07) is 13.0. The summed E-state index contributed by atoms with van der Waals surface area (Å²) in [6.07, 6.45) is 3.15. The van der Waals surface area contributed by atoms with Crippen molar-refractivity contribution in [3.8, 4) is 22.6 Å². The standard InChI is InChI=1S/C26H27N5O3/c1-26(2,33)22-14-19(8-9-27-22)23-24-20(28-16-29-23)15-21(34-24)17-4-6-18(7-5-17)25(32)31-12-10-30(3)11-13-31/h4-9,14-16,33H,10-13H2,1-3H3. The molecule has 0 bridgehead atoms. The van der Waals surface area contributed by atoms with Gasteiger partial charge in [-0.2, -0.15) is 0 Å². The highest BCUT2D eigenvalue weighted by Crippen LogP contribution is 2.33. The number of amides is 1. The molecule has 1 saturated heterocycles. The minimum absolute atomic E-state index is 0.0534. The van der Waals surface area contributed by atoms with Gasteiger partial charge in [-0.15, -0.1) is 0 Å². The molecule has 4 aromatic rings.